The van der Waals surface area contributed by atoms with Gasteiger partial charge in [-0.1, -0.05) is 0 Å². The summed E-state index contributed by atoms with van der Waals surface area (Å²) in [6.45, 7) is 5.49. The molecule has 1 aromatic heterocycles. The topological polar surface area (TPSA) is 50.3 Å². The van der Waals surface area contributed by atoms with Gasteiger partial charge in [-0.05, 0) is 13.8 Å². The van der Waals surface area contributed by atoms with Crippen molar-refractivity contribution in [1.29, 1.82) is 0 Å². The molecule has 0 bridgehead atoms. The molecule has 0 amide bonds. The van der Waals surface area contributed by atoms with Crippen molar-refractivity contribution in [2.45, 2.75) is 32.3 Å². The predicted molar refractivity (Wildman–Crippen MR) is 63.0 cm³/mol. The van der Waals surface area contributed by atoms with Crippen LogP contribution in [-0.2, 0) is 0 Å². The number of nitrogens with zero attached hydrogens (tertiary/aromatic N) is 3. The number of rotatable bonds is 2. The monoisotopic (exact) mass is 276 g/mol. The standard InChI is InChI=1S/C11H15F3N4O/c1-7-5-18(6-8(2)17-7)10-15-3-9(4-16-10)19-11(12,13)14/h3-4,7-8,17H,5-6H2,1-2H3/t7-,8+. The maximum absolute atomic E-state index is 12.0. The minimum Gasteiger partial charge on any atom is -0.402 e. The lowest BCUT2D eigenvalue weighted by Gasteiger charge is -2.36. The molecule has 0 radical (unpaired) electrons. The van der Waals surface area contributed by atoms with E-state index in [9.17, 15) is 13.2 Å². The highest BCUT2D eigenvalue weighted by atomic mass is 19.4. The SMILES string of the molecule is C[C@@H]1CN(c2ncc(OC(F)(F)F)cn2)C[C@H](C)N1. The summed E-state index contributed by atoms with van der Waals surface area (Å²) in [7, 11) is 0. The summed E-state index contributed by atoms with van der Waals surface area (Å²) in [5.41, 5.74) is 0. The summed E-state index contributed by atoms with van der Waals surface area (Å²) in [6, 6.07) is 0.553. The summed E-state index contributed by atoms with van der Waals surface area (Å²) in [6.07, 6.45) is -2.65. The Morgan fingerprint density at radius 1 is 1.21 bits per heavy atom. The van der Waals surface area contributed by atoms with Crippen molar-refractivity contribution in [3.63, 3.8) is 0 Å². The van der Waals surface area contributed by atoms with E-state index < -0.39 is 12.1 Å². The number of aromatic nitrogens is 2. The molecule has 1 fully saturated rings. The fraction of sp³-hybridized carbons (Fsp3) is 0.636. The molecule has 106 valence electrons. The highest BCUT2D eigenvalue weighted by Crippen LogP contribution is 2.22. The van der Waals surface area contributed by atoms with Crippen LogP contribution in [0.2, 0.25) is 0 Å². The van der Waals surface area contributed by atoms with E-state index in [-0.39, 0.29) is 12.1 Å². The van der Waals surface area contributed by atoms with Crippen LogP contribution in [-0.4, -0.2) is 41.5 Å². The van der Waals surface area contributed by atoms with Gasteiger partial charge in [-0.3, -0.25) is 0 Å². The van der Waals surface area contributed by atoms with Gasteiger partial charge in [0.25, 0.3) is 0 Å². The third-order valence-corrected chi connectivity index (χ3v) is 2.69. The Kier molecular flexibility index (Phi) is 3.79. The molecule has 1 aliphatic rings. The molecule has 0 aromatic carbocycles. The Hall–Kier alpha value is -1.57. The van der Waals surface area contributed by atoms with Crippen LogP contribution in [0, 0.1) is 0 Å². The van der Waals surface area contributed by atoms with Gasteiger partial charge in [-0.2, -0.15) is 0 Å². The normalized spacial score (nSPS) is 24.4. The Bertz CT molecular complexity index is 413. The minimum atomic E-state index is -4.72. The molecule has 19 heavy (non-hydrogen) atoms. The molecular formula is C11H15F3N4O. The molecule has 0 unspecified atom stereocenters. The second-order valence-corrected chi connectivity index (χ2v) is 4.64. The zero-order valence-corrected chi connectivity index (χ0v) is 10.6. The van der Waals surface area contributed by atoms with E-state index in [1.165, 1.54) is 0 Å². The van der Waals surface area contributed by atoms with Crippen LogP contribution < -0.4 is 15.0 Å². The lowest BCUT2D eigenvalue weighted by molar-refractivity contribution is -0.274. The van der Waals surface area contributed by atoms with E-state index in [0.29, 0.717) is 19.0 Å². The van der Waals surface area contributed by atoms with Crippen molar-refractivity contribution < 1.29 is 17.9 Å². The Morgan fingerprint density at radius 3 is 2.21 bits per heavy atom. The Morgan fingerprint density at radius 2 is 1.74 bits per heavy atom. The van der Waals surface area contributed by atoms with Crippen LogP contribution in [0.4, 0.5) is 19.1 Å². The first kappa shape index (κ1) is 13.9. The number of halogens is 3. The number of hydrogen-bond donors (Lipinski definition) is 1. The van der Waals surface area contributed by atoms with Gasteiger partial charge >= 0.3 is 6.36 Å². The van der Waals surface area contributed by atoms with Gasteiger partial charge in [0.1, 0.15) is 0 Å². The van der Waals surface area contributed by atoms with E-state index in [0.717, 1.165) is 12.4 Å². The fourth-order valence-corrected chi connectivity index (χ4v) is 2.15. The maximum Gasteiger partial charge on any atom is 0.573 e. The molecule has 0 aliphatic carbocycles. The summed E-state index contributed by atoms with van der Waals surface area (Å²) in [5.74, 6) is 0.00204. The smallest absolute Gasteiger partial charge is 0.402 e. The van der Waals surface area contributed by atoms with Crippen molar-refractivity contribution in [2.75, 3.05) is 18.0 Å². The first-order valence-corrected chi connectivity index (χ1v) is 5.92. The molecule has 2 heterocycles. The first-order valence-electron chi connectivity index (χ1n) is 5.92. The van der Waals surface area contributed by atoms with Crippen LogP contribution in [0.25, 0.3) is 0 Å². The third kappa shape index (κ3) is 3.95. The summed E-state index contributed by atoms with van der Waals surface area (Å²) in [5, 5.41) is 3.35. The predicted octanol–water partition coefficient (Wildman–Crippen LogP) is 1.56. The molecule has 8 heteroatoms. The summed E-state index contributed by atoms with van der Waals surface area (Å²) >= 11 is 0. The molecule has 2 atom stereocenters. The molecule has 1 saturated heterocycles. The van der Waals surface area contributed by atoms with Crippen molar-refractivity contribution in [2.24, 2.45) is 0 Å². The van der Waals surface area contributed by atoms with Crippen LogP contribution in [0.5, 0.6) is 5.75 Å². The van der Waals surface area contributed by atoms with Gasteiger partial charge in [0.05, 0.1) is 12.4 Å². The minimum absolute atomic E-state index is 0.276. The molecule has 1 N–H and O–H groups in total. The largest absolute Gasteiger partial charge is 0.573 e. The van der Waals surface area contributed by atoms with Crippen LogP contribution in [0.3, 0.4) is 0 Å². The Balaban J connectivity index is 2.05. The number of hydrogen-bond acceptors (Lipinski definition) is 5. The van der Waals surface area contributed by atoms with Crippen LogP contribution in [0.1, 0.15) is 13.8 Å². The second-order valence-electron chi connectivity index (χ2n) is 4.64. The van der Waals surface area contributed by atoms with Crippen molar-refractivity contribution in [1.82, 2.24) is 15.3 Å². The fourth-order valence-electron chi connectivity index (χ4n) is 2.15. The van der Waals surface area contributed by atoms with Crippen molar-refractivity contribution in [3.05, 3.63) is 12.4 Å². The zero-order chi connectivity index (χ0) is 14.0. The molecule has 1 aromatic rings. The average Bonchev–Trinajstić information content (AvgIpc) is 2.26. The van der Waals surface area contributed by atoms with Gasteiger partial charge in [-0.15, -0.1) is 13.2 Å². The molecule has 1 aliphatic heterocycles. The van der Waals surface area contributed by atoms with E-state index in [1.54, 1.807) is 0 Å². The van der Waals surface area contributed by atoms with Gasteiger partial charge in [0.15, 0.2) is 5.75 Å². The Labute approximate surface area is 108 Å². The quantitative estimate of drug-likeness (QED) is 0.888. The van der Waals surface area contributed by atoms with Crippen LogP contribution in [0.15, 0.2) is 12.4 Å². The van der Waals surface area contributed by atoms with E-state index in [4.69, 9.17) is 0 Å². The number of alkyl halides is 3. The number of ether oxygens (including phenoxy) is 1. The molecule has 0 saturated carbocycles. The number of anilines is 1. The molecular weight excluding hydrogens is 261 g/mol. The highest BCUT2D eigenvalue weighted by molar-refractivity contribution is 5.33. The van der Waals surface area contributed by atoms with Gasteiger partial charge in [0, 0.05) is 25.2 Å². The number of piperazine rings is 1. The van der Waals surface area contributed by atoms with E-state index >= 15 is 0 Å². The van der Waals surface area contributed by atoms with Crippen LogP contribution >= 0.6 is 0 Å². The van der Waals surface area contributed by atoms with Gasteiger partial charge < -0.3 is 15.0 Å². The third-order valence-electron chi connectivity index (χ3n) is 2.69. The highest BCUT2D eigenvalue weighted by Gasteiger charge is 2.31. The van der Waals surface area contributed by atoms with Crippen molar-refractivity contribution >= 4 is 5.95 Å². The average molecular weight is 276 g/mol. The summed E-state index contributed by atoms with van der Waals surface area (Å²) in [4.78, 5) is 9.77. The second kappa shape index (κ2) is 5.20. The summed E-state index contributed by atoms with van der Waals surface area (Å²) < 4.78 is 39.7. The molecule has 0 spiro atoms. The lowest BCUT2D eigenvalue weighted by atomic mass is 10.1. The maximum atomic E-state index is 12.0. The lowest BCUT2D eigenvalue weighted by Crippen LogP contribution is -2.54. The van der Waals surface area contributed by atoms with Gasteiger partial charge in [0.2, 0.25) is 5.95 Å². The molecule has 5 nitrogen and oxygen atoms in total. The first-order chi connectivity index (χ1) is 8.83. The number of nitrogens with one attached hydrogen (secondary N) is 1. The van der Waals surface area contributed by atoms with E-state index in [2.05, 4.69) is 20.0 Å². The van der Waals surface area contributed by atoms with Gasteiger partial charge in [-0.25, -0.2) is 9.97 Å². The zero-order valence-electron chi connectivity index (χ0n) is 10.6. The van der Waals surface area contributed by atoms with E-state index in [1.807, 2.05) is 18.7 Å². The molecule has 2 rings (SSSR count). The van der Waals surface area contributed by atoms with Crippen molar-refractivity contribution in [3.8, 4) is 5.75 Å².